The van der Waals surface area contributed by atoms with Crippen LogP contribution in [0, 0.1) is 11.8 Å². The van der Waals surface area contributed by atoms with Crippen molar-refractivity contribution in [2.24, 2.45) is 11.8 Å². The molecule has 1 heteroatoms. The molecule has 1 saturated carbocycles. The summed E-state index contributed by atoms with van der Waals surface area (Å²) in [7, 11) is 0. The van der Waals surface area contributed by atoms with Crippen LogP contribution in [0.15, 0.2) is 0 Å². The van der Waals surface area contributed by atoms with Crippen molar-refractivity contribution in [3.63, 3.8) is 0 Å². The summed E-state index contributed by atoms with van der Waals surface area (Å²) in [5.74, 6) is 1.79. The Bertz CT molecular complexity index is 112. The summed E-state index contributed by atoms with van der Waals surface area (Å²) in [6.45, 7) is 4.20. The average Bonchev–Trinajstić information content (AvgIpc) is 2.05. The number of hydrogen-bond acceptors (Lipinski definition) is 1. The molecule has 0 amide bonds. The normalized spacial score (nSPS) is 33.2. The summed E-state index contributed by atoms with van der Waals surface area (Å²) in [4.78, 5) is 0. The molecule has 0 aliphatic heterocycles. The van der Waals surface area contributed by atoms with Gasteiger partial charge in [-0.05, 0) is 25.2 Å². The van der Waals surface area contributed by atoms with Crippen molar-refractivity contribution in [3.05, 3.63) is 0 Å². The maximum atomic E-state index is 9.23. The van der Waals surface area contributed by atoms with E-state index in [0.717, 1.165) is 18.3 Å². The first-order chi connectivity index (χ1) is 5.72. The van der Waals surface area contributed by atoms with Crippen molar-refractivity contribution in [2.75, 3.05) is 0 Å². The van der Waals surface area contributed by atoms with Gasteiger partial charge in [0.15, 0.2) is 0 Å². The molecule has 0 bridgehead atoms. The van der Waals surface area contributed by atoms with Crippen molar-refractivity contribution in [1.29, 1.82) is 0 Å². The van der Waals surface area contributed by atoms with Gasteiger partial charge in [0, 0.05) is 0 Å². The van der Waals surface area contributed by atoms with Crippen molar-refractivity contribution < 1.29 is 5.11 Å². The average molecular weight is 170 g/mol. The summed E-state index contributed by atoms with van der Waals surface area (Å²) in [6.07, 6.45) is 7.78. The molecular weight excluding hydrogens is 148 g/mol. The minimum atomic E-state index is -0.0897. The highest BCUT2D eigenvalue weighted by atomic mass is 16.3. The molecule has 0 saturated heterocycles. The molecular formula is C11H22O. The fourth-order valence-corrected chi connectivity index (χ4v) is 2.36. The lowest BCUT2D eigenvalue weighted by atomic mass is 9.79. The lowest BCUT2D eigenvalue weighted by Crippen LogP contribution is -2.17. The third-order valence-electron chi connectivity index (χ3n) is 3.22. The minimum absolute atomic E-state index is 0.0897. The van der Waals surface area contributed by atoms with Gasteiger partial charge in [-0.3, -0.25) is 0 Å². The van der Waals surface area contributed by atoms with E-state index in [-0.39, 0.29) is 6.10 Å². The highest BCUT2D eigenvalue weighted by molar-refractivity contribution is 4.72. The molecule has 1 unspecified atom stereocenters. The molecule has 72 valence electrons. The van der Waals surface area contributed by atoms with Gasteiger partial charge in [0.05, 0.1) is 6.10 Å². The van der Waals surface area contributed by atoms with Gasteiger partial charge in [0.25, 0.3) is 0 Å². The van der Waals surface area contributed by atoms with Gasteiger partial charge in [0.1, 0.15) is 0 Å². The molecule has 0 heterocycles. The second kappa shape index (κ2) is 4.86. The lowest BCUT2D eigenvalue weighted by molar-refractivity contribution is 0.136. The van der Waals surface area contributed by atoms with Crippen LogP contribution in [-0.2, 0) is 0 Å². The monoisotopic (exact) mass is 170 g/mol. The van der Waals surface area contributed by atoms with E-state index in [2.05, 4.69) is 6.92 Å². The van der Waals surface area contributed by atoms with E-state index >= 15 is 0 Å². The predicted octanol–water partition coefficient (Wildman–Crippen LogP) is 2.97. The Morgan fingerprint density at radius 1 is 1.17 bits per heavy atom. The van der Waals surface area contributed by atoms with Gasteiger partial charge in [-0.1, -0.05) is 39.0 Å². The maximum absolute atomic E-state index is 9.23. The van der Waals surface area contributed by atoms with Crippen molar-refractivity contribution >= 4 is 0 Å². The zero-order valence-electron chi connectivity index (χ0n) is 8.42. The number of aliphatic hydroxyl groups is 1. The Hall–Kier alpha value is -0.0400. The van der Waals surface area contributed by atoms with Crippen molar-refractivity contribution in [1.82, 2.24) is 0 Å². The summed E-state index contributed by atoms with van der Waals surface area (Å²) < 4.78 is 0. The molecule has 1 aliphatic carbocycles. The van der Waals surface area contributed by atoms with Gasteiger partial charge in [0.2, 0.25) is 0 Å². The number of aliphatic hydroxyl groups excluding tert-OH is 1. The Balaban J connectivity index is 2.17. The molecule has 1 rings (SSSR count). The topological polar surface area (TPSA) is 20.2 Å². The lowest BCUT2D eigenvalue weighted by Gasteiger charge is -2.28. The number of hydrogen-bond donors (Lipinski definition) is 1. The van der Waals surface area contributed by atoms with Crippen LogP contribution in [0.25, 0.3) is 0 Å². The van der Waals surface area contributed by atoms with Gasteiger partial charge in [-0.25, -0.2) is 0 Å². The third kappa shape index (κ3) is 3.14. The van der Waals surface area contributed by atoms with Gasteiger partial charge >= 0.3 is 0 Å². The molecule has 1 N–H and O–H groups in total. The van der Waals surface area contributed by atoms with Crippen LogP contribution in [0.1, 0.15) is 52.4 Å². The standard InChI is InChI=1S/C11H22O/c1-3-10-4-6-11(7-5-10)8-9(2)12/h9-12H,3-8H2,1-2H3. The molecule has 1 aliphatic rings. The summed E-state index contributed by atoms with van der Waals surface area (Å²) in [6, 6.07) is 0. The largest absolute Gasteiger partial charge is 0.393 e. The molecule has 1 fully saturated rings. The fraction of sp³-hybridized carbons (Fsp3) is 1.00. The Morgan fingerprint density at radius 2 is 1.67 bits per heavy atom. The summed E-state index contributed by atoms with van der Waals surface area (Å²) in [5.41, 5.74) is 0. The SMILES string of the molecule is CCC1CCC(CC(C)O)CC1. The summed E-state index contributed by atoms with van der Waals surface area (Å²) in [5, 5.41) is 9.23. The smallest absolute Gasteiger partial charge is 0.0514 e. The van der Waals surface area contributed by atoms with Crippen LogP contribution in [0.2, 0.25) is 0 Å². The van der Waals surface area contributed by atoms with Crippen molar-refractivity contribution in [3.8, 4) is 0 Å². The van der Waals surface area contributed by atoms with E-state index in [0.29, 0.717) is 0 Å². The zero-order valence-corrected chi connectivity index (χ0v) is 8.42. The van der Waals surface area contributed by atoms with E-state index in [1.165, 1.54) is 32.1 Å². The van der Waals surface area contributed by atoms with E-state index in [1.54, 1.807) is 0 Å². The van der Waals surface area contributed by atoms with Crippen LogP contribution >= 0.6 is 0 Å². The molecule has 0 aromatic rings. The highest BCUT2D eigenvalue weighted by Crippen LogP contribution is 2.32. The Kier molecular flexibility index (Phi) is 4.07. The van der Waals surface area contributed by atoms with Gasteiger partial charge in [-0.15, -0.1) is 0 Å². The fourth-order valence-electron chi connectivity index (χ4n) is 2.36. The van der Waals surface area contributed by atoms with Crippen LogP contribution in [0.4, 0.5) is 0 Å². The quantitative estimate of drug-likeness (QED) is 0.690. The van der Waals surface area contributed by atoms with Crippen molar-refractivity contribution in [2.45, 2.75) is 58.5 Å². The zero-order chi connectivity index (χ0) is 8.97. The van der Waals surface area contributed by atoms with E-state index < -0.39 is 0 Å². The molecule has 1 atom stereocenters. The number of rotatable bonds is 3. The first-order valence-corrected chi connectivity index (χ1v) is 5.40. The maximum Gasteiger partial charge on any atom is 0.0514 e. The van der Waals surface area contributed by atoms with Crippen LogP contribution in [0.5, 0.6) is 0 Å². The third-order valence-corrected chi connectivity index (χ3v) is 3.22. The Labute approximate surface area is 76.2 Å². The van der Waals surface area contributed by atoms with Gasteiger partial charge < -0.3 is 5.11 Å². The highest BCUT2D eigenvalue weighted by Gasteiger charge is 2.20. The summed E-state index contributed by atoms with van der Waals surface area (Å²) >= 11 is 0. The molecule has 0 aromatic carbocycles. The minimum Gasteiger partial charge on any atom is -0.393 e. The molecule has 12 heavy (non-hydrogen) atoms. The second-order valence-corrected chi connectivity index (χ2v) is 4.38. The first kappa shape index (κ1) is 10.0. The van der Waals surface area contributed by atoms with Gasteiger partial charge in [-0.2, -0.15) is 0 Å². The Morgan fingerprint density at radius 3 is 2.08 bits per heavy atom. The molecule has 0 radical (unpaired) electrons. The second-order valence-electron chi connectivity index (χ2n) is 4.38. The molecule has 0 spiro atoms. The predicted molar refractivity (Wildman–Crippen MR) is 52.0 cm³/mol. The van der Waals surface area contributed by atoms with Crippen LogP contribution in [-0.4, -0.2) is 11.2 Å². The van der Waals surface area contributed by atoms with Crippen LogP contribution in [0.3, 0.4) is 0 Å². The van der Waals surface area contributed by atoms with E-state index in [9.17, 15) is 5.11 Å². The van der Waals surface area contributed by atoms with Crippen LogP contribution < -0.4 is 0 Å². The first-order valence-electron chi connectivity index (χ1n) is 5.40. The molecule has 0 aromatic heterocycles. The molecule has 1 nitrogen and oxygen atoms in total. The van der Waals surface area contributed by atoms with E-state index in [1.807, 2.05) is 6.92 Å². The van der Waals surface area contributed by atoms with E-state index in [4.69, 9.17) is 0 Å².